The lowest BCUT2D eigenvalue weighted by molar-refractivity contribution is -0.156. The van der Waals surface area contributed by atoms with Crippen LogP contribution in [0, 0.1) is 0 Å². The van der Waals surface area contributed by atoms with Gasteiger partial charge in [0.15, 0.2) is 0 Å². The van der Waals surface area contributed by atoms with Crippen molar-refractivity contribution >= 4 is 29.4 Å². The Morgan fingerprint density at radius 3 is 2.11 bits per heavy atom. The normalized spacial score (nSPS) is 13.5. The van der Waals surface area contributed by atoms with E-state index >= 15 is 0 Å². The fourth-order valence-corrected chi connectivity index (χ4v) is 4.85. The molecule has 35 heavy (non-hydrogen) atoms. The van der Waals surface area contributed by atoms with Crippen LogP contribution in [0.5, 0.6) is 0 Å². The Balaban J connectivity index is 1.47. The van der Waals surface area contributed by atoms with E-state index in [-0.39, 0.29) is 18.5 Å². The molecule has 1 unspecified atom stereocenters. The van der Waals surface area contributed by atoms with Gasteiger partial charge in [0.05, 0.1) is 16.6 Å². The first-order valence-electron chi connectivity index (χ1n) is 11.8. The number of nitrogens with one attached hydrogen (secondary N) is 1. The van der Waals surface area contributed by atoms with Gasteiger partial charge in [0, 0.05) is 5.92 Å². The van der Waals surface area contributed by atoms with E-state index in [0.29, 0.717) is 22.7 Å². The van der Waals surface area contributed by atoms with Crippen molar-refractivity contribution in [2.24, 2.45) is 0 Å². The molecule has 0 bridgehead atoms. The molecule has 4 rings (SSSR count). The minimum atomic E-state index is -0.603. The molecule has 0 spiro atoms. The number of anilines is 1. The van der Waals surface area contributed by atoms with Crippen LogP contribution >= 0.6 is 11.6 Å². The number of rotatable bonds is 6. The van der Waals surface area contributed by atoms with Crippen molar-refractivity contribution in [3.8, 4) is 11.1 Å². The third kappa shape index (κ3) is 5.35. The predicted octanol–water partition coefficient (Wildman–Crippen LogP) is 7.54. The van der Waals surface area contributed by atoms with Crippen molar-refractivity contribution in [3.05, 3.63) is 88.4 Å². The standard InChI is InChI=1S/C29H30ClNO4/c1-5-18(27(32)35-29(2,3)4)23-15-10-16-25(26(23)30)31-28(33)34-17-24-21-13-8-6-11-19(21)20-12-7-9-14-22(20)24/h6-16,18,24H,5,17H2,1-4H3,(H,31,33). The molecule has 0 aromatic heterocycles. The second-order valence-electron chi connectivity index (χ2n) is 9.65. The molecule has 0 saturated carbocycles. The molecular weight excluding hydrogens is 462 g/mol. The maximum absolute atomic E-state index is 12.7. The molecule has 0 saturated heterocycles. The van der Waals surface area contributed by atoms with E-state index in [4.69, 9.17) is 21.1 Å². The zero-order valence-electron chi connectivity index (χ0n) is 20.4. The van der Waals surface area contributed by atoms with Gasteiger partial charge in [-0.25, -0.2) is 4.79 Å². The number of carbonyl (C=O) groups excluding carboxylic acids is 2. The lowest BCUT2D eigenvalue weighted by atomic mass is 9.95. The van der Waals surface area contributed by atoms with Crippen molar-refractivity contribution in [2.45, 2.75) is 51.6 Å². The van der Waals surface area contributed by atoms with Crippen LogP contribution in [0.3, 0.4) is 0 Å². The minimum Gasteiger partial charge on any atom is -0.459 e. The number of fused-ring (bicyclic) bond motifs is 3. The van der Waals surface area contributed by atoms with E-state index in [9.17, 15) is 9.59 Å². The summed E-state index contributed by atoms with van der Waals surface area (Å²) in [4.78, 5) is 25.5. The first-order chi connectivity index (χ1) is 16.7. The molecule has 1 aliphatic rings. The summed E-state index contributed by atoms with van der Waals surface area (Å²) in [6, 6.07) is 21.6. The van der Waals surface area contributed by atoms with E-state index in [2.05, 4.69) is 29.6 Å². The van der Waals surface area contributed by atoms with Crippen molar-refractivity contribution in [3.63, 3.8) is 0 Å². The highest BCUT2D eigenvalue weighted by Crippen LogP contribution is 2.44. The Kier molecular flexibility index (Phi) is 7.18. The van der Waals surface area contributed by atoms with Crippen LogP contribution in [0.25, 0.3) is 11.1 Å². The molecule has 0 radical (unpaired) electrons. The number of benzene rings is 3. The Hall–Kier alpha value is -3.31. The summed E-state index contributed by atoms with van der Waals surface area (Å²) in [7, 11) is 0. The summed E-state index contributed by atoms with van der Waals surface area (Å²) in [5.41, 5.74) is 5.02. The highest BCUT2D eigenvalue weighted by atomic mass is 35.5. The van der Waals surface area contributed by atoms with E-state index in [0.717, 1.165) is 11.1 Å². The van der Waals surface area contributed by atoms with Crippen molar-refractivity contribution in [1.82, 2.24) is 0 Å². The molecule has 0 heterocycles. The van der Waals surface area contributed by atoms with Gasteiger partial charge in [-0.3, -0.25) is 10.1 Å². The molecule has 3 aromatic rings. The first kappa shape index (κ1) is 24.8. The van der Waals surface area contributed by atoms with Gasteiger partial charge in [-0.05, 0) is 61.1 Å². The Bertz CT molecular complexity index is 1200. The van der Waals surface area contributed by atoms with Gasteiger partial charge in [-0.1, -0.05) is 79.2 Å². The van der Waals surface area contributed by atoms with Crippen molar-refractivity contribution in [2.75, 3.05) is 11.9 Å². The van der Waals surface area contributed by atoms with Crippen LogP contribution < -0.4 is 5.32 Å². The van der Waals surface area contributed by atoms with Crippen molar-refractivity contribution < 1.29 is 19.1 Å². The molecule has 5 nitrogen and oxygen atoms in total. The van der Waals surface area contributed by atoms with E-state index in [1.54, 1.807) is 18.2 Å². The summed E-state index contributed by atoms with van der Waals surface area (Å²) >= 11 is 6.62. The molecule has 1 atom stereocenters. The number of carbonyl (C=O) groups is 2. The fraction of sp³-hybridized carbons (Fsp3) is 0.310. The number of hydrogen-bond acceptors (Lipinski definition) is 4. The van der Waals surface area contributed by atoms with Crippen molar-refractivity contribution in [1.29, 1.82) is 0 Å². The number of amides is 1. The third-order valence-corrected chi connectivity index (χ3v) is 6.51. The molecule has 1 aliphatic carbocycles. The van der Waals surface area contributed by atoms with E-state index in [1.165, 1.54) is 11.1 Å². The second kappa shape index (κ2) is 10.1. The predicted molar refractivity (Wildman–Crippen MR) is 139 cm³/mol. The zero-order chi connectivity index (χ0) is 25.2. The molecule has 0 fully saturated rings. The smallest absolute Gasteiger partial charge is 0.411 e. The maximum atomic E-state index is 12.7. The Labute approximate surface area is 211 Å². The summed E-state index contributed by atoms with van der Waals surface area (Å²) in [6.45, 7) is 7.58. The zero-order valence-corrected chi connectivity index (χ0v) is 21.2. The van der Waals surface area contributed by atoms with Crippen LogP contribution in [0.2, 0.25) is 5.02 Å². The maximum Gasteiger partial charge on any atom is 0.411 e. The summed E-state index contributed by atoms with van der Waals surface area (Å²) in [5, 5.41) is 3.05. The molecule has 3 aromatic carbocycles. The molecule has 6 heteroatoms. The Morgan fingerprint density at radius 2 is 1.54 bits per heavy atom. The van der Waals surface area contributed by atoms with Gasteiger partial charge in [0.1, 0.15) is 12.2 Å². The van der Waals surface area contributed by atoms with Crippen LogP contribution in [0.4, 0.5) is 10.5 Å². The van der Waals surface area contributed by atoms with E-state index < -0.39 is 17.6 Å². The highest BCUT2D eigenvalue weighted by Gasteiger charge is 2.30. The van der Waals surface area contributed by atoms with Gasteiger partial charge in [-0.2, -0.15) is 0 Å². The molecular formula is C29H30ClNO4. The second-order valence-corrected chi connectivity index (χ2v) is 10.0. The van der Waals surface area contributed by atoms with E-state index in [1.807, 2.05) is 52.0 Å². The Morgan fingerprint density at radius 1 is 0.943 bits per heavy atom. The molecule has 182 valence electrons. The lowest BCUT2D eigenvalue weighted by Crippen LogP contribution is -2.28. The third-order valence-electron chi connectivity index (χ3n) is 6.08. The van der Waals surface area contributed by atoms with Gasteiger partial charge >= 0.3 is 12.1 Å². The first-order valence-corrected chi connectivity index (χ1v) is 12.2. The highest BCUT2D eigenvalue weighted by molar-refractivity contribution is 6.34. The van der Waals surface area contributed by atoms with Gasteiger partial charge in [-0.15, -0.1) is 0 Å². The average molecular weight is 492 g/mol. The van der Waals surface area contributed by atoms with Gasteiger partial charge in [0.2, 0.25) is 0 Å². The molecule has 1 amide bonds. The molecule has 0 aliphatic heterocycles. The van der Waals surface area contributed by atoms with Crippen LogP contribution in [0.15, 0.2) is 66.7 Å². The number of halogens is 1. The monoisotopic (exact) mass is 491 g/mol. The molecule has 1 N–H and O–H groups in total. The number of ether oxygens (including phenoxy) is 2. The summed E-state index contributed by atoms with van der Waals surface area (Å²) < 4.78 is 11.2. The average Bonchev–Trinajstić information content (AvgIpc) is 3.13. The summed E-state index contributed by atoms with van der Waals surface area (Å²) in [6.07, 6.45) is -0.0838. The minimum absolute atomic E-state index is 0.0356. The lowest BCUT2D eigenvalue weighted by Gasteiger charge is -2.24. The summed E-state index contributed by atoms with van der Waals surface area (Å²) in [5.74, 6) is -0.919. The van der Waals surface area contributed by atoms with Crippen LogP contribution in [-0.2, 0) is 14.3 Å². The SMILES string of the molecule is CCC(C(=O)OC(C)(C)C)c1cccc(NC(=O)OCC2c3ccccc3-c3ccccc32)c1Cl. The quantitative estimate of drug-likeness (QED) is 0.362. The van der Waals surface area contributed by atoms with Gasteiger partial charge in [0.25, 0.3) is 0 Å². The van der Waals surface area contributed by atoms with Crippen LogP contribution in [-0.4, -0.2) is 24.3 Å². The topological polar surface area (TPSA) is 64.6 Å². The number of esters is 1. The van der Waals surface area contributed by atoms with Gasteiger partial charge < -0.3 is 9.47 Å². The number of hydrogen-bond donors (Lipinski definition) is 1. The largest absolute Gasteiger partial charge is 0.459 e. The fourth-order valence-electron chi connectivity index (χ4n) is 4.55. The van der Waals surface area contributed by atoms with Crippen LogP contribution in [0.1, 0.15) is 62.6 Å².